The van der Waals surface area contributed by atoms with Crippen molar-refractivity contribution in [3.8, 4) is 0 Å². The van der Waals surface area contributed by atoms with Crippen molar-refractivity contribution in [3.63, 3.8) is 0 Å². The lowest BCUT2D eigenvalue weighted by atomic mass is 9.88. The molecule has 0 bridgehead atoms. The maximum absolute atomic E-state index is 12.5. The lowest BCUT2D eigenvalue weighted by Crippen LogP contribution is -2.42. The molecule has 5 heteroatoms. The number of hydrogen-bond donors (Lipinski definition) is 2. The SMILES string of the molecule is NC1CCC(C(=O)NC2CCN(C(=O)C3CCCCC3)C2)C1. The normalized spacial score (nSPS) is 33.1. The van der Waals surface area contributed by atoms with Gasteiger partial charge in [0.1, 0.15) is 0 Å². The van der Waals surface area contributed by atoms with Gasteiger partial charge in [-0.05, 0) is 38.5 Å². The van der Waals surface area contributed by atoms with Gasteiger partial charge >= 0.3 is 0 Å². The highest BCUT2D eigenvalue weighted by molar-refractivity contribution is 5.81. The van der Waals surface area contributed by atoms with E-state index in [0.717, 1.165) is 45.1 Å². The second-order valence-electron chi connectivity index (χ2n) is 7.38. The number of nitrogens with two attached hydrogens (primary N) is 1. The van der Waals surface area contributed by atoms with Crippen LogP contribution in [-0.2, 0) is 9.59 Å². The van der Waals surface area contributed by atoms with Crippen LogP contribution in [0.3, 0.4) is 0 Å². The topological polar surface area (TPSA) is 75.4 Å². The molecule has 3 rings (SSSR count). The fourth-order valence-corrected chi connectivity index (χ4v) is 4.26. The number of nitrogens with zero attached hydrogens (tertiary/aromatic N) is 1. The average Bonchev–Trinajstić information content (AvgIpc) is 3.16. The van der Waals surface area contributed by atoms with Gasteiger partial charge < -0.3 is 16.0 Å². The highest BCUT2D eigenvalue weighted by atomic mass is 16.2. The predicted molar refractivity (Wildman–Crippen MR) is 85.0 cm³/mol. The molecule has 3 atom stereocenters. The van der Waals surface area contributed by atoms with Crippen molar-refractivity contribution < 1.29 is 9.59 Å². The van der Waals surface area contributed by atoms with Gasteiger partial charge in [-0.15, -0.1) is 0 Å². The fourth-order valence-electron chi connectivity index (χ4n) is 4.26. The molecule has 3 aliphatic rings. The highest BCUT2D eigenvalue weighted by Crippen LogP contribution is 2.27. The molecule has 5 nitrogen and oxygen atoms in total. The van der Waals surface area contributed by atoms with Crippen LogP contribution in [0.15, 0.2) is 0 Å². The van der Waals surface area contributed by atoms with E-state index in [1.165, 1.54) is 19.3 Å². The van der Waals surface area contributed by atoms with Crippen LogP contribution in [0.4, 0.5) is 0 Å². The number of carbonyl (C=O) groups is 2. The first-order valence-corrected chi connectivity index (χ1v) is 8.98. The van der Waals surface area contributed by atoms with Crippen molar-refractivity contribution in [2.45, 2.75) is 69.9 Å². The van der Waals surface area contributed by atoms with Crippen LogP contribution >= 0.6 is 0 Å². The third-order valence-electron chi connectivity index (χ3n) is 5.64. The van der Waals surface area contributed by atoms with Crippen LogP contribution in [0.1, 0.15) is 57.8 Å². The molecule has 0 aromatic rings. The number of nitrogens with one attached hydrogen (secondary N) is 1. The Morgan fingerprint density at radius 1 is 0.955 bits per heavy atom. The minimum atomic E-state index is 0.0816. The molecule has 2 amide bonds. The monoisotopic (exact) mass is 307 g/mol. The van der Waals surface area contributed by atoms with Crippen molar-refractivity contribution in [2.75, 3.05) is 13.1 Å². The van der Waals surface area contributed by atoms with E-state index in [2.05, 4.69) is 5.32 Å². The molecule has 3 N–H and O–H groups in total. The van der Waals surface area contributed by atoms with E-state index in [9.17, 15) is 9.59 Å². The largest absolute Gasteiger partial charge is 0.351 e. The molecule has 22 heavy (non-hydrogen) atoms. The van der Waals surface area contributed by atoms with Crippen molar-refractivity contribution in [1.82, 2.24) is 10.2 Å². The first-order chi connectivity index (χ1) is 10.6. The zero-order valence-electron chi connectivity index (χ0n) is 13.4. The van der Waals surface area contributed by atoms with Crippen molar-refractivity contribution >= 4 is 11.8 Å². The molecule has 1 heterocycles. The van der Waals surface area contributed by atoms with Gasteiger partial charge in [-0.3, -0.25) is 9.59 Å². The van der Waals surface area contributed by atoms with Crippen molar-refractivity contribution in [2.24, 2.45) is 17.6 Å². The van der Waals surface area contributed by atoms with Crippen LogP contribution < -0.4 is 11.1 Å². The van der Waals surface area contributed by atoms with Crippen LogP contribution in [0.5, 0.6) is 0 Å². The van der Waals surface area contributed by atoms with Crippen LogP contribution in [0.2, 0.25) is 0 Å². The second kappa shape index (κ2) is 6.99. The molecular weight excluding hydrogens is 278 g/mol. The van der Waals surface area contributed by atoms with E-state index < -0.39 is 0 Å². The summed E-state index contributed by atoms with van der Waals surface area (Å²) in [6, 6.07) is 0.320. The Kier molecular flexibility index (Phi) is 5.01. The summed E-state index contributed by atoms with van der Waals surface area (Å²) in [4.78, 5) is 26.8. The zero-order valence-corrected chi connectivity index (χ0v) is 13.4. The van der Waals surface area contributed by atoms with Crippen LogP contribution in [0, 0.1) is 11.8 Å². The summed E-state index contributed by atoms with van der Waals surface area (Å²) >= 11 is 0. The molecule has 0 radical (unpaired) electrons. The lowest BCUT2D eigenvalue weighted by molar-refractivity contribution is -0.135. The molecular formula is C17H29N3O2. The Hall–Kier alpha value is -1.10. The highest BCUT2D eigenvalue weighted by Gasteiger charge is 2.34. The smallest absolute Gasteiger partial charge is 0.225 e. The molecule has 2 saturated carbocycles. The molecule has 1 aliphatic heterocycles. The van der Waals surface area contributed by atoms with E-state index in [0.29, 0.717) is 12.5 Å². The summed E-state index contributed by atoms with van der Waals surface area (Å²) in [5, 5.41) is 3.14. The quantitative estimate of drug-likeness (QED) is 0.828. The first kappa shape index (κ1) is 15.8. The van der Waals surface area contributed by atoms with E-state index >= 15 is 0 Å². The van der Waals surface area contributed by atoms with Crippen molar-refractivity contribution in [3.05, 3.63) is 0 Å². The standard InChI is InChI=1S/C17H29N3O2/c18-14-7-6-13(10-14)16(21)19-15-8-9-20(11-15)17(22)12-4-2-1-3-5-12/h12-15H,1-11,18H2,(H,19,21). The Morgan fingerprint density at radius 2 is 1.73 bits per heavy atom. The number of likely N-dealkylation sites (tertiary alicyclic amines) is 1. The van der Waals surface area contributed by atoms with Gasteiger partial charge in [0.2, 0.25) is 11.8 Å². The molecule has 3 fully saturated rings. The minimum absolute atomic E-state index is 0.0816. The summed E-state index contributed by atoms with van der Waals surface area (Å²) in [6.07, 6.45) is 9.30. The Labute approximate surface area is 133 Å². The van der Waals surface area contributed by atoms with Gasteiger partial charge in [0, 0.05) is 37.0 Å². The van der Waals surface area contributed by atoms with E-state index in [1.807, 2.05) is 4.90 Å². The van der Waals surface area contributed by atoms with E-state index in [4.69, 9.17) is 5.73 Å². The minimum Gasteiger partial charge on any atom is -0.351 e. The lowest BCUT2D eigenvalue weighted by Gasteiger charge is -2.26. The Balaban J connectivity index is 1.45. The van der Waals surface area contributed by atoms with Gasteiger partial charge in [0.15, 0.2) is 0 Å². The van der Waals surface area contributed by atoms with Crippen molar-refractivity contribution in [1.29, 1.82) is 0 Å². The Morgan fingerprint density at radius 3 is 2.41 bits per heavy atom. The zero-order chi connectivity index (χ0) is 15.5. The maximum atomic E-state index is 12.5. The van der Waals surface area contributed by atoms with Gasteiger partial charge in [0.25, 0.3) is 0 Å². The van der Waals surface area contributed by atoms with Gasteiger partial charge in [0.05, 0.1) is 0 Å². The van der Waals surface area contributed by atoms with Gasteiger partial charge in [-0.2, -0.15) is 0 Å². The summed E-state index contributed by atoms with van der Waals surface area (Å²) < 4.78 is 0. The molecule has 0 aromatic carbocycles. The number of carbonyl (C=O) groups excluding carboxylic acids is 2. The van der Waals surface area contributed by atoms with Gasteiger partial charge in [-0.25, -0.2) is 0 Å². The molecule has 124 valence electrons. The maximum Gasteiger partial charge on any atom is 0.225 e. The Bertz CT molecular complexity index is 420. The van der Waals surface area contributed by atoms with E-state index in [1.54, 1.807) is 0 Å². The summed E-state index contributed by atoms with van der Waals surface area (Å²) in [7, 11) is 0. The molecule has 3 unspecified atom stereocenters. The number of rotatable bonds is 3. The second-order valence-corrected chi connectivity index (χ2v) is 7.38. The predicted octanol–water partition coefficient (Wildman–Crippen LogP) is 1.41. The molecule has 1 saturated heterocycles. The summed E-state index contributed by atoms with van der Waals surface area (Å²) in [5.41, 5.74) is 5.88. The molecule has 0 spiro atoms. The number of amides is 2. The molecule has 0 aromatic heterocycles. The average molecular weight is 307 g/mol. The third kappa shape index (κ3) is 3.62. The van der Waals surface area contributed by atoms with Gasteiger partial charge in [-0.1, -0.05) is 19.3 Å². The van der Waals surface area contributed by atoms with E-state index in [-0.39, 0.29) is 29.8 Å². The first-order valence-electron chi connectivity index (χ1n) is 8.98. The molecule has 2 aliphatic carbocycles. The third-order valence-corrected chi connectivity index (χ3v) is 5.64. The van der Waals surface area contributed by atoms with Crippen LogP contribution in [0.25, 0.3) is 0 Å². The van der Waals surface area contributed by atoms with Crippen LogP contribution in [-0.4, -0.2) is 41.9 Å². The number of hydrogen-bond acceptors (Lipinski definition) is 3. The summed E-state index contributed by atoms with van der Waals surface area (Å²) in [6.45, 7) is 1.49. The fraction of sp³-hybridized carbons (Fsp3) is 0.882. The summed E-state index contributed by atoms with van der Waals surface area (Å²) in [5.74, 6) is 0.776.